The minimum Gasteiger partial charge on any atom is -0.451 e. The van der Waals surface area contributed by atoms with E-state index in [0.29, 0.717) is 57.4 Å². The number of aromatic nitrogens is 1. The van der Waals surface area contributed by atoms with Crippen LogP contribution in [0.3, 0.4) is 0 Å². The Morgan fingerprint density at radius 3 is 2.76 bits per heavy atom. The van der Waals surface area contributed by atoms with Crippen molar-refractivity contribution in [1.82, 2.24) is 20.1 Å². The van der Waals surface area contributed by atoms with Gasteiger partial charge in [0.15, 0.2) is 5.76 Å². The van der Waals surface area contributed by atoms with Gasteiger partial charge in [0.2, 0.25) is 5.91 Å². The molecule has 0 atom stereocenters. The van der Waals surface area contributed by atoms with Gasteiger partial charge in [-0.25, -0.2) is 4.98 Å². The zero-order valence-corrected chi connectivity index (χ0v) is 20.5. The number of nitrogens with zero attached hydrogens (tertiary/aromatic N) is 3. The number of carbonyl (C=O) groups is 2. The summed E-state index contributed by atoms with van der Waals surface area (Å²) >= 11 is 3.23. The van der Waals surface area contributed by atoms with Crippen molar-refractivity contribution >= 4 is 45.9 Å². The first-order chi connectivity index (χ1) is 16.0. The largest absolute Gasteiger partial charge is 0.451 e. The van der Waals surface area contributed by atoms with Crippen LogP contribution >= 0.6 is 23.1 Å². The van der Waals surface area contributed by atoms with Crippen LogP contribution in [0.1, 0.15) is 21.8 Å². The van der Waals surface area contributed by atoms with Crippen LogP contribution in [0.25, 0.3) is 11.0 Å². The van der Waals surface area contributed by atoms with E-state index in [0.717, 1.165) is 26.6 Å². The first-order valence-electron chi connectivity index (χ1n) is 10.9. The molecule has 2 aromatic heterocycles. The standard InChI is InChI=1S/C23H28N4O4S2/c1-16-14-32-23(25-16)33-15-18-17-5-3-4-6-19(17)31-21(18)22(29)27-10-8-26(9-11-27)13-20(28)24-7-12-30-2/h3-6,14H,7-13,15H2,1-2H3,(H,24,28). The number of nitrogens with one attached hydrogen (secondary N) is 1. The number of aryl methyl sites for hydroxylation is 1. The van der Waals surface area contributed by atoms with Crippen LogP contribution < -0.4 is 5.32 Å². The van der Waals surface area contributed by atoms with Gasteiger partial charge in [-0.2, -0.15) is 0 Å². The van der Waals surface area contributed by atoms with Crippen LogP contribution in [0.5, 0.6) is 0 Å². The number of methoxy groups -OCH3 is 1. The van der Waals surface area contributed by atoms with E-state index >= 15 is 0 Å². The summed E-state index contributed by atoms with van der Waals surface area (Å²) in [6.45, 7) is 5.70. The van der Waals surface area contributed by atoms with Crippen molar-refractivity contribution in [3.05, 3.63) is 46.7 Å². The van der Waals surface area contributed by atoms with Gasteiger partial charge in [0, 0.05) is 67.6 Å². The molecule has 4 rings (SSSR count). The number of fused-ring (bicyclic) bond motifs is 1. The molecule has 3 aromatic rings. The second-order valence-corrected chi connectivity index (χ2v) is 9.94. The zero-order valence-electron chi connectivity index (χ0n) is 18.8. The monoisotopic (exact) mass is 488 g/mol. The third-order valence-electron chi connectivity index (χ3n) is 5.49. The average Bonchev–Trinajstić information content (AvgIpc) is 3.41. The lowest BCUT2D eigenvalue weighted by molar-refractivity contribution is -0.122. The topological polar surface area (TPSA) is 87.9 Å². The lowest BCUT2D eigenvalue weighted by Crippen LogP contribution is -2.51. The van der Waals surface area contributed by atoms with Crippen LogP contribution in [-0.2, 0) is 15.3 Å². The van der Waals surface area contributed by atoms with E-state index in [1.807, 2.05) is 41.5 Å². The van der Waals surface area contributed by atoms with Crippen LogP contribution in [0.2, 0.25) is 0 Å². The average molecular weight is 489 g/mol. The zero-order chi connectivity index (χ0) is 23.2. The fraction of sp³-hybridized carbons (Fsp3) is 0.435. The highest BCUT2D eigenvalue weighted by Gasteiger charge is 2.28. The molecule has 176 valence electrons. The van der Waals surface area contributed by atoms with Crippen molar-refractivity contribution in [3.8, 4) is 0 Å². The number of para-hydroxylation sites is 1. The molecule has 33 heavy (non-hydrogen) atoms. The van der Waals surface area contributed by atoms with Gasteiger partial charge in [0.05, 0.1) is 13.2 Å². The highest BCUT2D eigenvalue weighted by Crippen LogP contribution is 2.34. The molecule has 1 aliphatic rings. The number of carbonyl (C=O) groups excluding carboxylic acids is 2. The van der Waals surface area contributed by atoms with E-state index in [9.17, 15) is 9.59 Å². The molecule has 3 heterocycles. The van der Waals surface area contributed by atoms with Crippen molar-refractivity contribution in [2.45, 2.75) is 17.0 Å². The smallest absolute Gasteiger partial charge is 0.290 e. The third kappa shape index (κ3) is 5.94. The van der Waals surface area contributed by atoms with Gasteiger partial charge < -0.3 is 19.4 Å². The number of ether oxygens (including phenoxy) is 1. The maximum Gasteiger partial charge on any atom is 0.290 e. The summed E-state index contributed by atoms with van der Waals surface area (Å²) in [5, 5.41) is 5.83. The molecular formula is C23H28N4O4S2. The third-order valence-corrected chi connectivity index (χ3v) is 7.65. The molecule has 8 nitrogen and oxygen atoms in total. The van der Waals surface area contributed by atoms with Crippen molar-refractivity contribution in [1.29, 1.82) is 0 Å². The van der Waals surface area contributed by atoms with Crippen molar-refractivity contribution < 1.29 is 18.7 Å². The molecule has 0 aliphatic carbocycles. The highest BCUT2D eigenvalue weighted by atomic mass is 32.2. The predicted molar refractivity (Wildman–Crippen MR) is 130 cm³/mol. The normalized spacial score (nSPS) is 14.7. The minimum absolute atomic E-state index is 0.0270. The number of hydrogen-bond donors (Lipinski definition) is 1. The predicted octanol–water partition coefficient (Wildman–Crippen LogP) is 3.01. The van der Waals surface area contributed by atoms with Gasteiger partial charge in [-0.15, -0.1) is 11.3 Å². The lowest BCUT2D eigenvalue weighted by atomic mass is 10.1. The van der Waals surface area contributed by atoms with E-state index in [1.54, 1.807) is 30.2 Å². The van der Waals surface area contributed by atoms with Crippen molar-refractivity contribution in [3.63, 3.8) is 0 Å². The molecule has 0 unspecified atom stereocenters. The molecule has 0 bridgehead atoms. The van der Waals surface area contributed by atoms with Crippen LogP contribution in [-0.4, -0.2) is 79.6 Å². The number of piperazine rings is 1. The molecule has 1 aromatic carbocycles. The van der Waals surface area contributed by atoms with Gasteiger partial charge in [-0.05, 0) is 13.0 Å². The molecule has 1 saturated heterocycles. The Labute approximate surface area is 201 Å². The molecule has 0 saturated carbocycles. The van der Waals surface area contributed by atoms with Crippen LogP contribution in [0.4, 0.5) is 0 Å². The second-order valence-electron chi connectivity index (χ2n) is 7.86. The second kappa shape index (κ2) is 11.1. The van der Waals surface area contributed by atoms with Gasteiger partial charge in [0.25, 0.3) is 5.91 Å². The Morgan fingerprint density at radius 1 is 1.24 bits per heavy atom. The summed E-state index contributed by atoms with van der Waals surface area (Å²) < 4.78 is 12.0. The van der Waals surface area contributed by atoms with E-state index in [1.165, 1.54) is 0 Å². The number of rotatable bonds is 9. The molecule has 0 spiro atoms. The summed E-state index contributed by atoms with van der Waals surface area (Å²) in [6, 6.07) is 7.77. The number of amides is 2. The molecule has 2 amide bonds. The van der Waals surface area contributed by atoms with Crippen molar-refractivity contribution in [2.24, 2.45) is 0 Å². The SMILES string of the molecule is COCCNC(=O)CN1CCN(C(=O)c2oc3ccccc3c2CSc2nc(C)cs2)CC1. The summed E-state index contributed by atoms with van der Waals surface area (Å²) in [6.07, 6.45) is 0. The fourth-order valence-corrected chi connectivity index (χ4v) is 5.63. The molecular weight excluding hydrogens is 460 g/mol. The van der Waals surface area contributed by atoms with Gasteiger partial charge in [-0.1, -0.05) is 30.0 Å². The number of thioether (sulfide) groups is 1. The molecule has 1 fully saturated rings. The summed E-state index contributed by atoms with van der Waals surface area (Å²) in [7, 11) is 1.61. The molecule has 0 radical (unpaired) electrons. The number of furan rings is 1. The van der Waals surface area contributed by atoms with Crippen LogP contribution in [0.15, 0.2) is 38.4 Å². The lowest BCUT2D eigenvalue weighted by Gasteiger charge is -2.34. The van der Waals surface area contributed by atoms with Gasteiger partial charge >= 0.3 is 0 Å². The summed E-state index contributed by atoms with van der Waals surface area (Å²) in [5.74, 6) is 0.900. The first kappa shape index (κ1) is 23.7. The minimum atomic E-state index is -0.0960. The first-order valence-corrected chi connectivity index (χ1v) is 12.7. The van der Waals surface area contributed by atoms with Gasteiger partial charge in [-0.3, -0.25) is 14.5 Å². The maximum atomic E-state index is 13.4. The Morgan fingerprint density at radius 2 is 2.03 bits per heavy atom. The Hall–Kier alpha value is -2.40. The molecule has 1 N–H and O–H groups in total. The number of hydrogen-bond acceptors (Lipinski definition) is 8. The van der Waals surface area contributed by atoms with E-state index in [4.69, 9.17) is 9.15 Å². The Kier molecular flexibility index (Phi) is 8.02. The molecule has 10 heteroatoms. The fourth-order valence-electron chi connectivity index (χ4n) is 3.75. The number of benzene rings is 1. The Balaban J connectivity index is 1.41. The maximum absolute atomic E-state index is 13.4. The quantitative estimate of drug-likeness (QED) is 0.366. The van der Waals surface area contributed by atoms with Crippen LogP contribution in [0, 0.1) is 6.92 Å². The van der Waals surface area contributed by atoms with Gasteiger partial charge in [0.1, 0.15) is 9.92 Å². The van der Waals surface area contributed by atoms with E-state index in [-0.39, 0.29) is 11.8 Å². The van der Waals surface area contributed by atoms with Crippen molar-refractivity contribution in [2.75, 3.05) is 53.0 Å². The number of thiazole rings is 1. The highest BCUT2D eigenvalue weighted by molar-refractivity contribution is 8.00. The Bertz CT molecular complexity index is 1110. The van der Waals surface area contributed by atoms with E-state index < -0.39 is 0 Å². The summed E-state index contributed by atoms with van der Waals surface area (Å²) in [4.78, 5) is 33.9. The summed E-state index contributed by atoms with van der Waals surface area (Å²) in [5.41, 5.74) is 2.63. The van der Waals surface area contributed by atoms with E-state index in [2.05, 4.69) is 15.2 Å². The molecule has 1 aliphatic heterocycles.